The molecule has 0 radical (unpaired) electrons. The number of carbonyl (C=O) groups is 1. The average Bonchev–Trinajstić information content (AvgIpc) is 2.30. The maximum Gasteiger partial charge on any atom is 0.360 e. The molecule has 0 aromatic carbocycles. The molecule has 1 rings (SSSR count). The van der Waals surface area contributed by atoms with E-state index in [1.807, 2.05) is 6.08 Å². The number of aromatic nitrogens is 2. The predicted molar refractivity (Wildman–Crippen MR) is 60.5 cm³/mol. The van der Waals surface area contributed by atoms with Gasteiger partial charge in [-0.25, -0.2) is 14.8 Å². The molecule has 0 saturated heterocycles. The van der Waals surface area contributed by atoms with E-state index in [1.54, 1.807) is 6.08 Å². The van der Waals surface area contributed by atoms with Crippen molar-refractivity contribution < 1.29 is 9.53 Å². The van der Waals surface area contributed by atoms with E-state index in [-0.39, 0.29) is 11.5 Å². The van der Waals surface area contributed by atoms with Crippen LogP contribution in [-0.4, -0.2) is 29.6 Å². The Bertz CT molecular complexity index is 404. The average molecular weight is 222 g/mol. The number of ether oxygens (including phenoxy) is 1. The van der Waals surface area contributed by atoms with Gasteiger partial charge < -0.3 is 16.2 Å². The van der Waals surface area contributed by atoms with Crippen LogP contribution >= 0.6 is 0 Å². The van der Waals surface area contributed by atoms with Crippen LogP contribution in [0.4, 0.5) is 5.82 Å². The van der Waals surface area contributed by atoms with E-state index >= 15 is 0 Å². The molecule has 6 heteroatoms. The minimum atomic E-state index is -0.598. The van der Waals surface area contributed by atoms with Gasteiger partial charge in [-0.2, -0.15) is 0 Å². The summed E-state index contributed by atoms with van der Waals surface area (Å²) in [5.41, 5.74) is 11.4. The number of methoxy groups -OCH3 is 1. The third-order valence-corrected chi connectivity index (χ3v) is 1.82. The van der Waals surface area contributed by atoms with Gasteiger partial charge in [0.1, 0.15) is 0 Å². The number of anilines is 1. The fourth-order valence-corrected chi connectivity index (χ4v) is 1.04. The third-order valence-electron chi connectivity index (χ3n) is 1.82. The molecule has 16 heavy (non-hydrogen) atoms. The minimum Gasteiger partial charge on any atom is -0.464 e. The lowest BCUT2D eigenvalue weighted by atomic mass is 10.3. The standard InChI is InChI=1S/C10H14N4O2/c1-16-10(15)8-9(12)13-6-7(14-8)4-2-3-5-11/h2,4,6H,3,5,11H2,1H3,(H2,12,13). The van der Waals surface area contributed by atoms with E-state index < -0.39 is 5.97 Å². The summed E-state index contributed by atoms with van der Waals surface area (Å²) >= 11 is 0. The molecule has 86 valence electrons. The van der Waals surface area contributed by atoms with Gasteiger partial charge in [0.25, 0.3) is 0 Å². The van der Waals surface area contributed by atoms with Crippen LogP contribution < -0.4 is 11.5 Å². The second-order valence-electron chi connectivity index (χ2n) is 3.00. The zero-order chi connectivity index (χ0) is 12.0. The fraction of sp³-hybridized carbons (Fsp3) is 0.300. The summed E-state index contributed by atoms with van der Waals surface area (Å²) in [5.74, 6) is -0.540. The molecular weight excluding hydrogens is 208 g/mol. The molecule has 0 unspecified atom stereocenters. The van der Waals surface area contributed by atoms with Crippen molar-refractivity contribution in [2.24, 2.45) is 5.73 Å². The minimum absolute atomic E-state index is 0.0254. The molecule has 0 amide bonds. The first-order valence-electron chi connectivity index (χ1n) is 4.76. The molecule has 0 fully saturated rings. The Morgan fingerprint density at radius 3 is 3.00 bits per heavy atom. The van der Waals surface area contributed by atoms with Crippen molar-refractivity contribution in [3.05, 3.63) is 23.7 Å². The Labute approximate surface area is 93.3 Å². The van der Waals surface area contributed by atoms with Crippen LogP contribution in [0, 0.1) is 0 Å². The monoisotopic (exact) mass is 222 g/mol. The lowest BCUT2D eigenvalue weighted by molar-refractivity contribution is 0.0595. The predicted octanol–water partition coefficient (Wildman–Crippen LogP) is 0.207. The van der Waals surface area contributed by atoms with Crippen molar-refractivity contribution in [1.82, 2.24) is 9.97 Å². The van der Waals surface area contributed by atoms with Gasteiger partial charge >= 0.3 is 5.97 Å². The smallest absolute Gasteiger partial charge is 0.360 e. The Hall–Kier alpha value is -1.95. The first kappa shape index (κ1) is 12.1. The first-order valence-corrected chi connectivity index (χ1v) is 4.76. The number of esters is 1. The number of nitrogen functional groups attached to an aromatic ring is 1. The van der Waals surface area contributed by atoms with Gasteiger partial charge in [-0.3, -0.25) is 0 Å². The topological polar surface area (TPSA) is 104 Å². The number of hydrogen-bond donors (Lipinski definition) is 2. The molecule has 6 nitrogen and oxygen atoms in total. The number of hydrogen-bond acceptors (Lipinski definition) is 6. The van der Waals surface area contributed by atoms with Gasteiger partial charge in [0, 0.05) is 0 Å². The van der Waals surface area contributed by atoms with Gasteiger partial charge in [0.05, 0.1) is 19.0 Å². The molecule has 0 spiro atoms. The number of rotatable bonds is 4. The quantitative estimate of drug-likeness (QED) is 0.705. The third kappa shape index (κ3) is 3.03. The highest BCUT2D eigenvalue weighted by molar-refractivity contribution is 5.91. The SMILES string of the molecule is COC(=O)c1nc(C=CCCN)cnc1N. The summed E-state index contributed by atoms with van der Waals surface area (Å²) in [4.78, 5) is 19.2. The van der Waals surface area contributed by atoms with Gasteiger partial charge in [-0.05, 0) is 19.0 Å². The van der Waals surface area contributed by atoms with E-state index in [1.165, 1.54) is 13.3 Å². The van der Waals surface area contributed by atoms with Crippen molar-refractivity contribution in [1.29, 1.82) is 0 Å². The number of nitrogens with zero attached hydrogens (tertiary/aromatic N) is 2. The zero-order valence-electron chi connectivity index (χ0n) is 9.01. The van der Waals surface area contributed by atoms with Crippen molar-refractivity contribution >= 4 is 17.9 Å². The van der Waals surface area contributed by atoms with E-state index in [2.05, 4.69) is 14.7 Å². The zero-order valence-corrected chi connectivity index (χ0v) is 9.01. The van der Waals surface area contributed by atoms with E-state index in [4.69, 9.17) is 11.5 Å². The van der Waals surface area contributed by atoms with E-state index in [0.29, 0.717) is 12.2 Å². The molecule has 1 heterocycles. The Morgan fingerprint density at radius 2 is 2.38 bits per heavy atom. The second-order valence-corrected chi connectivity index (χ2v) is 3.00. The van der Waals surface area contributed by atoms with Crippen LogP contribution in [0.5, 0.6) is 0 Å². The lowest BCUT2D eigenvalue weighted by Gasteiger charge is -2.02. The largest absolute Gasteiger partial charge is 0.464 e. The molecule has 4 N–H and O–H groups in total. The van der Waals surface area contributed by atoms with Gasteiger partial charge in [0.15, 0.2) is 11.5 Å². The number of carbonyl (C=O) groups excluding carboxylic acids is 1. The molecule has 0 aliphatic carbocycles. The first-order chi connectivity index (χ1) is 7.69. The molecule has 0 bridgehead atoms. The number of nitrogens with two attached hydrogens (primary N) is 2. The van der Waals surface area contributed by atoms with Gasteiger partial charge in [0.2, 0.25) is 0 Å². The van der Waals surface area contributed by atoms with Crippen LogP contribution in [-0.2, 0) is 4.74 Å². The summed E-state index contributed by atoms with van der Waals surface area (Å²) in [6.45, 7) is 0.558. The van der Waals surface area contributed by atoms with Crippen molar-refractivity contribution in [3.8, 4) is 0 Å². The summed E-state index contributed by atoms with van der Waals surface area (Å²) in [6, 6.07) is 0. The Balaban J connectivity index is 2.93. The molecule has 0 atom stereocenters. The van der Waals surface area contributed by atoms with Crippen molar-refractivity contribution in [3.63, 3.8) is 0 Å². The molecule has 1 aromatic heterocycles. The van der Waals surface area contributed by atoms with Crippen LogP contribution in [0.25, 0.3) is 6.08 Å². The Kier molecular flexibility index (Phi) is 4.41. The Morgan fingerprint density at radius 1 is 1.62 bits per heavy atom. The van der Waals surface area contributed by atoms with Crippen molar-refractivity contribution in [2.45, 2.75) is 6.42 Å². The molecule has 0 saturated carbocycles. The highest BCUT2D eigenvalue weighted by Gasteiger charge is 2.12. The maximum atomic E-state index is 11.3. The summed E-state index contributed by atoms with van der Waals surface area (Å²) in [6.07, 6.45) is 5.79. The van der Waals surface area contributed by atoms with Crippen LogP contribution in [0.15, 0.2) is 12.3 Å². The van der Waals surface area contributed by atoms with Crippen LogP contribution in [0.1, 0.15) is 22.6 Å². The van der Waals surface area contributed by atoms with Gasteiger partial charge in [-0.1, -0.05) is 6.08 Å². The highest BCUT2D eigenvalue weighted by Crippen LogP contribution is 2.08. The van der Waals surface area contributed by atoms with E-state index in [9.17, 15) is 4.79 Å². The molecular formula is C10H14N4O2. The maximum absolute atomic E-state index is 11.3. The second kappa shape index (κ2) is 5.82. The summed E-state index contributed by atoms with van der Waals surface area (Å²) in [5, 5.41) is 0. The molecule has 1 aromatic rings. The van der Waals surface area contributed by atoms with Crippen LogP contribution in [0.3, 0.4) is 0 Å². The van der Waals surface area contributed by atoms with Gasteiger partial charge in [-0.15, -0.1) is 0 Å². The normalized spacial score (nSPS) is 10.6. The molecule has 0 aliphatic rings. The highest BCUT2D eigenvalue weighted by atomic mass is 16.5. The van der Waals surface area contributed by atoms with E-state index in [0.717, 1.165) is 6.42 Å². The van der Waals surface area contributed by atoms with Crippen LogP contribution in [0.2, 0.25) is 0 Å². The fourth-order valence-electron chi connectivity index (χ4n) is 1.04. The van der Waals surface area contributed by atoms with Crippen molar-refractivity contribution in [2.75, 3.05) is 19.4 Å². The lowest BCUT2D eigenvalue weighted by Crippen LogP contribution is -2.10. The summed E-state index contributed by atoms with van der Waals surface area (Å²) < 4.78 is 4.53. The summed E-state index contributed by atoms with van der Waals surface area (Å²) in [7, 11) is 1.26. The molecule has 0 aliphatic heterocycles.